The van der Waals surface area contributed by atoms with Gasteiger partial charge in [-0.1, -0.05) is 0 Å². The summed E-state index contributed by atoms with van der Waals surface area (Å²) >= 11 is 0. The number of furan rings is 1. The molecule has 0 fully saturated rings. The standard InChI is InChI=1S/C19H23N3O2/c1-5-22-14(4)17(13(3)21-22)8-9-20-19(23)15-6-7-18-16(11-15)10-12(2)24-18/h6-7,10-11H,5,8-9H2,1-4H3,(H,20,23). The van der Waals surface area contributed by atoms with Gasteiger partial charge in [0.2, 0.25) is 0 Å². The molecular weight excluding hydrogens is 302 g/mol. The molecule has 24 heavy (non-hydrogen) atoms. The van der Waals surface area contributed by atoms with Crippen molar-refractivity contribution in [1.82, 2.24) is 15.1 Å². The summed E-state index contributed by atoms with van der Waals surface area (Å²) in [5, 5.41) is 8.46. The topological polar surface area (TPSA) is 60.1 Å². The maximum absolute atomic E-state index is 12.4. The smallest absolute Gasteiger partial charge is 0.251 e. The number of hydrogen-bond acceptors (Lipinski definition) is 3. The third-order valence-corrected chi connectivity index (χ3v) is 4.39. The number of hydrogen-bond donors (Lipinski definition) is 1. The fourth-order valence-corrected chi connectivity index (χ4v) is 3.12. The minimum Gasteiger partial charge on any atom is -0.461 e. The summed E-state index contributed by atoms with van der Waals surface area (Å²) in [6.07, 6.45) is 0.788. The predicted molar refractivity (Wildman–Crippen MR) is 94.4 cm³/mol. The van der Waals surface area contributed by atoms with Gasteiger partial charge in [-0.3, -0.25) is 9.48 Å². The molecule has 0 atom stereocenters. The van der Waals surface area contributed by atoms with E-state index in [4.69, 9.17) is 4.42 Å². The molecule has 3 rings (SSSR count). The quantitative estimate of drug-likeness (QED) is 0.780. The van der Waals surface area contributed by atoms with Crippen LogP contribution in [0, 0.1) is 20.8 Å². The van der Waals surface area contributed by atoms with Gasteiger partial charge in [0.1, 0.15) is 11.3 Å². The van der Waals surface area contributed by atoms with Crippen molar-refractivity contribution in [3.8, 4) is 0 Å². The summed E-state index contributed by atoms with van der Waals surface area (Å²) < 4.78 is 7.54. The summed E-state index contributed by atoms with van der Waals surface area (Å²) in [4.78, 5) is 12.4. The van der Waals surface area contributed by atoms with Crippen molar-refractivity contribution in [2.24, 2.45) is 0 Å². The van der Waals surface area contributed by atoms with Gasteiger partial charge in [-0.25, -0.2) is 0 Å². The monoisotopic (exact) mass is 325 g/mol. The van der Waals surface area contributed by atoms with Crippen LogP contribution in [-0.4, -0.2) is 22.2 Å². The fraction of sp³-hybridized carbons (Fsp3) is 0.368. The number of nitrogens with one attached hydrogen (secondary N) is 1. The molecular formula is C19H23N3O2. The van der Waals surface area contributed by atoms with Gasteiger partial charge in [-0.15, -0.1) is 0 Å². The van der Waals surface area contributed by atoms with Crippen molar-refractivity contribution >= 4 is 16.9 Å². The van der Waals surface area contributed by atoms with E-state index in [1.54, 1.807) is 6.07 Å². The van der Waals surface area contributed by atoms with Gasteiger partial charge >= 0.3 is 0 Å². The molecule has 3 aromatic rings. The largest absolute Gasteiger partial charge is 0.461 e. The van der Waals surface area contributed by atoms with E-state index in [9.17, 15) is 4.79 Å². The first-order chi connectivity index (χ1) is 11.5. The first-order valence-corrected chi connectivity index (χ1v) is 8.31. The van der Waals surface area contributed by atoms with E-state index < -0.39 is 0 Å². The second-order valence-electron chi connectivity index (χ2n) is 6.08. The Morgan fingerprint density at radius 3 is 2.75 bits per heavy atom. The third-order valence-electron chi connectivity index (χ3n) is 4.39. The van der Waals surface area contributed by atoms with E-state index in [-0.39, 0.29) is 5.91 Å². The lowest BCUT2D eigenvalue weighted by molar-refractivity contribution is 0.0954. The Morgan fingerprint density at radius 1 is 1.25 bits per heavy atom. The number of nitrogens with zero attached hydrogens (tertiary/aromatic N) is 2. The summed E-state index contributed by atoms with van der Waals surface area (Å²) in [5.74, 6) is 0.787. The molecule has 0 spiro atoms. The second kappa shape index (κ2) is 6.51. The Morgan fingerprint density at radius 2 is 2.04 bits per heavy atom. The Bertz CT molecular complexity index is 890. The number of carbonyl (C=O) groups excluding carboxylic acids is 1. The van der Waals surface area contributed by atoms with Crippen LogP contribution in [0.15, 0.2) is 28.7 Å². The molecule has 2 aromatic heterocycles. The Balaban J connectivity index is 1.65. The lowest BCUT2D eigenvalue weighted by Gasteiger charge is -2.06. The maximum atomic E-state index is 12.4. The van der Waals surface area contributed by atoms with Crippen LogP contribution in [0.2, 0.25) is 0 Å². The summed E-state index contributed by atoms with van der Waals surface area (Å²) in [5.41, 5.74) is 4.90. The molecule has 0 saturated heterocycles. The first-order valence-electron chi connectivity index (χ1n) is 8.31. The summed E-state index contributed by atoms with van der Waals surface area (Å²) in [7, 11) is 0. The van der Waals surface area contributed by atoms with Crippen molar-refractivity contribution in [2.75, 3.05) is 6.54 Å². The average Bonchev–Trinajstić information content (AvgIpc) is 3.06. The van der Waals surface area contributed by atoms with Crippen molar-refractivity contribution in [2.45, 2.75) is 40.7 Å². The van der Waals surface area contributed by atoms with Crippen molar-refractivity contribution in [3.05, 3.63) is 52.5 Å². The van der Waals surface area contributed by atoms with Crippen LogP contribution in [0.4, 0.5) is 0 Å². The Labute approximate surface area is 141 Å². The van der Waals surface area contributed by atoms with Crippen LogP contribution >= 0.6 is 0 Å². The van der Waals surface area contributed by atoms with Crippen LogP contribution in [0.3, 0.4) is 0 Å². The molecule has 0 aliphatic carbocycles. The fourth-order valence-electron chi connectivity index (χ4n) is 3.12. The predicted octanol–water partition coefficient (Wildman–Crippen LogP) is 3.55. The minimum atomic E-state index is -0.0612. The Kier molecular flexibility index (Phi) is 4.42. The van der Waals surface area contributed by atoms with Crippen LogP contribution in [0.5, 0.6) is 0 Å². The average molecular weight is 325 g/mol. The second-order valence-corrected chi connectivity index (χ2v) is 6.08. The highest BCUT2D eigenvalue weighted by Gasteiger charge is 2.12. The number of aryl methyl sites for hydroxylation is 3. The van der Waals surface area contributed by atoms with Gasteiger partial charge in [0.05, 0.1) is 5.69 Å². The molecule has 0 saturated carbocycles. The highest BCUT2D eigenvalue weighted by Crippen LogP contribution is 2.20. The lowest BCUT2D eigenvalue weighted by Crippen LogP contribution is -2.25. The van der Waals surface area contributed by atoms with Crippen molar-refractivity contribution < 1.29 is 9.21 Å². The molecule has 1 N–H and O–H groups in total. The van der Waals surface area contributed by atoms with Crippen molar-refractivity contribution in [1.29, 1.82) is 0 Å². The highest BCUT2D eigenvalue weighted by atomic mass is 16.3. The molecule has 5 heteroatoms. The van der Waals surface area contributed by atoms with Gasteiger partial charge in [-0.2, -0.15) is 5.10 Å². The van der Waals surface area contributed by atoms with Crippen LogP contribution in [0.25, 0.3) is 11.0 Å². The van der Waals surface area contributed by atoms with E-state index >= 15 is 0 Å². The van der Waals surface area contributed by atoms with Gasteiger partial charge in [0, 0.05) is 29.7 Å². The maximum Gasteiger partial charge on any atom is 0.251 e. The van der Waals surface area contributed by atoms with Gasteiger partial charge in [0.25, 0.3) is 5.91 Å². The zero-order valence-corrected chi connectivity index (χ0v) is 14.6. The van der Waals surface area contributed by atoms with Gasteiger partial charge in [-0.05, 0) is 63.9 Å². The Hall–Kier alpha value is -2.56. The molecule has 0 bridgehead atoms. The first kappa shape index (κ1) is 16.3. The zero-order chi connectivity index (χ0) is 17.3. The molecule has 5 nitrogen and oxygen atoms in total. The summed E-state index contributed by atoms with van der Waals surface area (Å²) in [6.45, 7) is 9.54. The number of rotatable bonds is 5. The third kappa shape index (κ3) is 3.07. The molecule has 1 aromatic carbocycles. The molecule has 2 heterocycles. The van der Waals surface area contributed by atoms with Crippen LogP contribution < -0.4 is 5.32 Å². The molecule has 126 valence electrons. The van der Waals surface area contributed by atoms with Crippen LogP contribution in [-0.2, 0) is 13.0 Å². The SMILES string of the molecule is CCn1nc(C)c(CCNC(=O)c2ccc3oc(C)cc3c2)c1C. The number of amides is 1. The molecule has 0 radical (unpaired) electrons. The molecule has 0 unspecified atom stereocenters. The number of fused-ring (bicyclic) bond motifs is 1. The van der Waals surface area contributed by atoms with Gasteiger partial charge < -0.3 is 9.73 Å². The molecule has 1 amide bonds. The summed E-state index contributed by atoms with van der Waals surface area (Å²) in [6, 6.07) is 7.45. The lowest BCUT2D eigenvalue weighted by atomic mass is 10.1. The van der Waals surface area contributed by atoms with E-state index in [1.165, 1.54) is 11.3 Å². The number of aromatic nitrogens is 2. The minimum absolute atomic E-state index is 0.0612. The van der Waals surface area contributed by atoms with Crippen LogP contribution in [0.1, 0.15) is 40.0 Å². The molecule has 0 aliphatic heterocycles. The van der Waals surface area contributed by atoms with E-state index in [2.05, 4.69) is 24.3 Å². The molecule has 0 aliphatic rings. The van der Waals surface area contributed by atoms with E-state index in [0.29, 0.717) is 12.1 Å². The zero-order valence-electron chi connectivity index (χ0n) is 14.6. The van der Waals surface area contributed by atoms with Gasteiger partial charge in [0.15, 0.2) is 0 Å². The number of benzene rings is 1. The number of carbonyl (C=O) groups is 1. The van der Waals surface area contributed by atoms with E-state index in [0.717, 1.165) is 35.4 Å². The van der Waals surface area contributed by atoms with Crippen molar-refractivity contribution in [3.63, 3.8) is 0 Å². The van der Waals surface area contributed by atoms with E-state index in [1.807, 2.05) is 36.7 Å². The highest BCUT2D eigenvalue weighted by molar-refractivity contribution is 5.97. The normalized spacial score (nSPS) is 11.2.